The molecule has 0 spiro atoms. The fourth-order valence-corrected chi connectivity index (χ4v) is 2.68. The number of hydrogen-bond acceptors (Lipinski definition) is 6. The molecule has 1 N–H and O–H groups in total. The average molecular weight is 385 g/mol. The van der Waals surface area contributed by atoms with E-state index in [0.717, 1.165) is 12.3 Å². The number of carbonyl (C=O) groups is 1. The van der Waals surface area contributed by atoms with Crippen molar-refractivity contribution in [2.45, 2.75) is 0 Å². The van der Waals surface area contributed by atoms with Crippen molar-refractivity contribution in [2.24, 2.45) is 0 Å². The fraction of sp³-hybridized carbons (Fsp3) is 0.133. The van der Waals surface area contributed by atoms with E-state index in [4.69, 9.17) is 16.3 Å². The number of Topliss-reactive ketones (excluding diaryl/α,β-unsaturated/α-hetero) is 1. The Morgan fingerprint density at radius 1 is 1.24 bits per heavy atom. The molecule has 0 heterocycles. The zero-order valence-electron chi connectivity index (χ0n) is 12.9. The van der Waals surface area contributed by atoms with Crippen LogP contribution in [0.2, 0.25) is 5.02 Å². The lowest BCUT2D eigenvalue weighted by molar-refractivity contribution is -0.384. The lowest BCUT2D eigenvalue weighted by Gasteiger charge is -2.08. The molecule has 132 valence electrons. The van der Waals surface area contributed by atoms with Crippen molar-refractivity contribution in [3.8, 4) is 5.75 Å². The molecular weight excluding hydrogens is 372 g/mol. The molecule has 0 unspecified atom stereocenters. The summed E-state index contributed by atoms with van der Waals surface area (Å²) in [6.45, 7) is -0.323. The van der Waals surface area contributed by atoms with E-state index in [9.17, 15) is 23.3 Å². The predicted molar refractivity (Wildman–Crippen MR) is 92.8 cm³/mol. The van der Waals surface area contributed by atoms with E-state index in [1.165, 1.54) is 36.4 Å². The maximum Gasteiger partial charge on any atom is 0.271 e. The van der Waals surface area contributed by atoms with Crippen LogP contribution in [-0.4, -0.2) is 32.0 Å². The van der Waals surface area contributed by atoms with Gasteiger partial charge in [-0.1, -0.05) is 11.6 Å². The third-order valence-corrected chi connectivity index (χ3v) is 3.90. The van der Waals surface area contributed by atoms with Gasteiger partial charge in [-0.05, 0) is 30.3 Å². The van der Waals surface area contributed by atoms with Crippen LogP contribution in [0.5, 0.6) is 5.75 Å². The minimum atomic E-state index is -3.39. The van der Waals surface area contributed by atoms with Crippen LogP contribution in [0.4, 0.5) is 11.4 Å². The van der Waals surface area contributed by atoms with E-state index < -0.39 is 14.9 Å². The lowest BCUT2D eigenvalue weighted by Crippen LogP contribution is -2.13. The zero-order valence-corrected chi connectivity index (χ0v) is 14.5. The van der Waals surface area contributed by atoms with Crippen LogP contribution in [0.3, 0.4) is 0 Å². The fourth-order valence-electron chi connectivity index (χ4n) is 1.89. The SMILES string of the molecule is CS(=O)(=O)Nc1ccc(C(=O)COc2ccc([N+](=O)[O-])cc2Cl)cc1. The van der Waals surface area contributed by atoms with Gasteiger partial charge in [0, 0.05) is 23.4 Å². The molecule has 0 aliphatic heterocycles. The molecule has 2 rings (SSSR count). The maximum absolute atomic E-state index is 12.1. The summed E-state index contributed by atoms with van der Waals surface area (Å²) in [5.74, 6) is -0.212. The Kier molecular flexibility index (Phi) is 5.60. The molecule has 2 aromatic carbocycles. The third kappa shape index (κ3) is 5.44. The maximum atomic E-state index is 12.1. The molecule has 8 nitrogen and oxygen atoms in total. The van der Waals surface area contributed by atoms with Crippen molar-refractivity contribution >= 4 is 38.8 Å². The van der Waals surface area contributed by atoms with Crippen LogP contribution in [0.25, 0.3) is 0 Å². The summed E-state index contributed by atoms with van der Waals surface area (Å²) in [6, 6.07) is 9.48. The molecule has 0 atom stereocenters. The van der Waals surface area contributed by atoms with E-state index in [1.54, 1.807) is 0 Å². The first-order valence-corrected chi connectivity index (χ1v) is 9.10. The molecule has 0 bridgehead atoms. The number of non-ortho nitro benzene ring substituents is 1. The first kappa shape index (κ1) is 18.7. The topological polar surface area (TPSA) is 116 Å². The van der Waals surface area contributed by atoms with E-state index in [1.807, 2.05) is 0 Å². The first-order valence-electron chi connectivity index (χ1n) is 6.83. The number of nitrogens with zero attached hydrogens (tertiary/aromatic N) is 1. The molecule has 0 aromatic heterocycles. The summed E-state index contributed by atoms with van der Waals surface area (Å²) < 4.78 is 29.8. The number of nitrogens with one attached hydrogen (secondary N) is 1. The van der Waals surface area contributed by atoms with Crippen molar-refractivity contribution in [1.29, 1.82) is 0 Å². The largest absolute Gasteiger partial charge is 0.484 e. The molecule has 0 aliphatic rings. The molecular formula is C15H13ClN2O6S. The summed E-state index contributed by atoms with van der Waals surface area (Å²) in [6.07, 6.45) is 1.02. The van der Waals surface area contributed by atoms with Gasteiger partial charge in [-0.2, -0.15) is 0 Å². The van der Waals surface area contributed by atoms with Crippen LogP contribution >= 0.6 is 11.6 Å². The van der Waals surface area contributed by atoms with E-state index >= 15 is 0 Å². The number of ether oxygens (including phenoxy) is 1. The summed E-state index contributed by atoms with van der Waals surface area (Å²) in [7, 11) is -3.39. The number of rotatable bonds is 7. The highest BCUT2D eigenvalue weighted by molar-refractivity contribution is 7.92. The van der Waals surface area contributed by atoms with Gasteiger partial charge in [-0.15, -0.1) is 0 Å². The van der Waals surface area contributed by atoms with Gasteiger partial charge < -0.3 is 4.74 Å². The number of halogens is 1. The van der Waals surface area contributed by atoms with Gasteiger partial charge in [-0.25, -0.2) is 8.42 Å². The predicted octanol–water partition coefficient (Wildman–Crippen LogP) is 2.88. The minimum Gasteiger partial charge on any atom is -0.484 e. The Hall–Kier alpha value is -2.65. The summed E-state index contributed by atoms with van der Waals surface area (Å²) >= 11 is 5.88. The van der Waals surface area contributed by atoms with Crippen LogP contribution in [0.1, 0.15) is 10.4 Å². The second-order valence-electron chi connectivity index (χ2n) is 5.04. The monoisotopic (exact) mass is 384 g/mol. The molecule has 0 saturated carbocycles. The molecule has 0 fully saturated rings. The normalized spacial score (nSPS) is 11.0. The Balaban J connectivity index is 2.02. The summed E-state index contributed by atoms with van der Waals surface area (Å²) in [5, 5.41) is 10.7. The highest BCUT2D eigenvalue weighted by Crippen LogP contribution is 2.28. The van der Waals surface area contributed by atoms with Crippen molar-refractivity contribution in [3.05, 3.63) is 63.2 Å². The highest BCUT2D eigenvalue weighted by Gasteiger charge is 2.13. The number of nitro benzene ring substituents is 1. The Morgan fingerprint density at radius 3 is 2.40 bits per heavy atom. The van der Waals surface area contributed by atoms with Crippen LogP contribution in [0, 0.1) is 10.1 Å². The number of anilines is 1. The van der Waals surface area contributed by atoms with Gasteiger partial charge in [0.1, 0.15) is 5.75 Å². The number of sulfonamides is 1. The van der Waals surface area contributed by atoms with Crippen LogP contribution in [-0.2, 0) is 10.0 Å². The molecule has 0 amide bonds. The number of benzene rings is 2. The quantitative estimate of drug-likeness (QED) is 0.445. The molecule has 25 heavy (non-hydrogen) atoms. The van der Waals surface area contributed by atoms with Crippen LogP contribution in [0.15, 0.2) is 42.5 Å². The van der Waals surface area contributed by atoms with Crippen molar-refractivity contribution in [3.63, 3.8) is 0 Å². The highest BCUT2D eigenvalue weighted by atomic mass is 35.5. The smallest absolute Gasteiger partial charge is 0.271 e. The van der Waals surface area contributed by atoms with E-state index in [0.29, 0.717) is 11.3 Å². The second-order valence-corrected chi connectivity index (χ2v) is 7.19. The third-order valence-electron chi connectivity index (χ3n) is 3.00. The van der Waals surface area contributed by atoms with Gasteiger partial charge in [0.05, 0.1) is 16.2 Å². The number of hydrogen-bond donors (Lipinski definition) is 1. The van der Waals surface area contributed by atoms with Gasteiger partial charge in [-0.3, -0.25) is 19.6 Å². The van der Waals surface area contributed by atoms with Crippen molar-refractivity contribution < 1.29 is 22.9 Å². The van der Waals surface area contributed by atoms with Crippen molar-refractivity contribution in [2.75, 3.05) is 17.6 Å². The standard InChI is InChI=1S/C15H13ClN2O6S/c1-25(22,23)17-11-4-2-10(3-5-11)14(19)9-24-15-7-6-12(18(20)21)8-13(15)16/h2-8,17H,9H2,1H3. The Morgan fingerprint density at radius 2 is 1.88 bits per heavy atom. The molecule has 0 radical (unpaired) electrons. The Bertz CT molecular complexity index is 912. The first-order chi connectivity index (χ1) is 11.7. The van der Waals surface area contributed by atoms with Gasteiger partial charge >= 0.3 is 0 Å². The second kappa shape index (κ2) is 7.49. The van der Waals surface area contributed by atoms with Gasteiger partial charge in [0.2, 0.25) is 10.0 Å². The van der Waals surface area contributed by atoms with E-state index in [2.05, 4.69) is 4.72 Å². The molecule has 0 saturated heterocycles. The summed E-state index contributed by atoms with van der Waals surface area (Å²) in [5.41, 5.74) is 0.466. The Labute approximate surface area is 148 Å². The summed E-state index contributed by atoms with van der Waals surface area (Å²) in [4.78, 5) is 22.1. The van der Waals surface area contributed by atoms with E-state index in [-0.39, 0.29) is 28.8 Å². The minimum absolute atomic E-state index is 0.0229. The average Bonchev–Trinajstić information content (AvgIpc) is 2.52. The molecule has 2 aromatic rings. The van der Waals surface area contributed by atoms with Gasteiger partial charge in [0.15, 0.2) is 12.4 Å². The zero-order chi connectivity index (χ0) is 18.6. The van der Waals surface area contributed by atoms with Crippen molar-refractivity contribution in [1.82, 2.24) is 0 Å². The number of ketones is 1. The number of nitro groups is 1. The number of carbonyl (C=O) groups excluding carboxylic acids is 1. The van der Waals surface area contributed by atoms with Gasteiger partial charge in [0.25, 0.3) is 5.69 Å². The lowest BCUT2D eigenvalue weighted by atomic mass is 10.1. The molecule has 0 aliphatic carbocycles. The molecule has 10 heteroatoms. The van der Waals surface area contributed by atoms with Crippen LogP contribution < -0.4 is 9.46 Å².